The molecule has 0 rings (SSSR count). The van der Waals surface area contributed by atoms with Crippen LogP contribution in [0.1, 0.15) is 20.8 Å². The average molecular weight is 209 g/mol. The first-order valence-corrected chi connectivity index (χ1v) is 4.27. The summed E-state index contributed by atoms with van der Waals surface area (Å²) in [6.07, 6.45) is -0.959. The minimum absolute atomic E-state index is 0.268. The highest BCUT2D eigenvalue weighted by molar-refractivity contribution is 6.95. The normalized spacial score (nSPS) is 10.1. The molecular weight excluding hydrogens is 197 g/mol. The molecule has 3 radical (unpaired) electrons. The molecule has 0 fully saturated rings. The quantitative estimate of drug-likeness (QED) is 0.496. The molecule has 0 aliphatic heterocycles. The van der Waals surface area contributed by atoms with Gasteiger partial charge in [0.1, 0.15) is 7.74 Å². The van der Waals surface area contributed by atoms with Crippen LogP contribution in [-0.2, 0) is 9.45 Å². The van der Waals surface area contributed by atoms with Crippen molar-refractivity contribution in [3.05, 3.63) is 0 Å². The second-order valence-corrected chi connectivity index (χ2v) is 3.81. The molecule has 15 heavy (non-hydrogen) atoms. The summed E-state index contributed by atoms with van der Waals surface area (Å²) in [5, 5.41) is 12.8. The Labute approximate surface area is 91.0 Å². The smallest absolute Gasteiger partial charge is 0.453 e. The first kappa shape index (κ1) is 13.9. The van der Waals surface area contributed by atoms with Crippen molar-refractivity contribution in [2.24, 2.45) is 5.41 Å². The van der Waals surface area contributed by atoms with Gasteiger partial charge in [0, 0.05) is 5.41 Å². The molecule has 3 N–H and O–H groups in total. The van der Waals surface area contributed by atoms with E-state index >= 15 is 0 Å². The van der Waals surface area contributed by atoms with E-state index < -0.39 is 18.5 Å². The van der Waals surface area contributed by atoms with Crippen molar-refractivity contribution in [3.63, 3.8) is 0 Å². The van der Waals surface area contributed by atoms with E-state index in [0.29, 0.717) is 0 Å². The third-order valence-electron chi connectivity index (χ3n) is 1.30. The Balaban J connectivity index is 3.72. The molecule has 79 valence electrons. The Morgan fingerprint density at radius 3 is 2.33 bits per heavy atom. The molecule has 0 spiro atoms. The fraction of sp³-hybridized carbons (Fsp3) is 0.667. The van der Waals surface area contributed by atoms with Gasteiger partial charge in [-0.15, -0.1) is 0 Å². The van der Waals surface area contributed by atoms with E-state index in [1.54, 1.807) is 20.8 Å². The summed E-state index contributed by atoms with van der Waals surface area (Å²) in [4.78, 5) is 22.0. The van der Waals surface area contributed by atoms with Crippen molar-refractivity contribution in [1.29, 1.82) is 0 Å². The van der Waals surface area contributed by atoms with E-state index in [2.05, 4.69) is 15.1 Å². The Morgan fingerprint density at radius 1 is 1.40 bits per heavy atom. The van der Waals surface area contributed by atoms with Crippen LogP contribution in [0.4, 0.5) is 4.79 Å². The summed E-state index contributed by atoms with van der Waals surface area (Å²) in [7, 11) is 4.09. The lowest BCUT2D eigenvalue weighted by atomic mass is 9.64. The highest BCUT2D eigenvalue weighted by Gasteiger charge is 2.21. The monoisotopic (exact) mass is 209 g/mol. The van der Waals surface area contributed by atoms with Gasteiger partial charge in [0.15, 0.2) is 0 Å². The second-order valence-electron chi connectivity index (χ2n) is 3.81. The molecule has 0 saturated heterocycles. The molecule has 9 heteroatoms. The van der Waals surface area contributed by atoms with Crippen LogP contribution in [0.2, 0.25) is 0 Å². The van der Waals surface area contributed by atoms with Crippen LogP contribution in [0.3, 0.4) is 0 Å². The molecule has 0 heterocycles. The van der Waals surface area contributed by atoms with Crippen LogP contribution in [0.5, 0.6) is 0 Å². The third kappa shape index (κ3) is 6.90. The molecule has 0 aliphatic rings. The molecule has 0 bridgehead atoms. The Kier molecular flexibility index (Phi) is 5.28. The summed E-state index contributed by atoms with van der Waals surface area (Å²) < 4.78 is 4.12. The maximum atomic E-state index is 11.3. The lowest BCUT2D eigenvalue weighted by Crippen LogP contribution is -2.46. The minimum Gasteiger partial charge on any atom is -0.502 e. The highest BCUT2D eigenvalue weighted by Crippen LogP contribution is 2.11. The van der Waals surface area contributed by atoms with Gasteiger partial charge < -0.3 is 20.1 Å². The number of carbonyl (C=O) groups is 2. The zero-order valence-electron chi connectivity index (χ0n) is 8.90. The van der Waals surface area contributed by atoms with Crippen molar-refractivity contribution < 1.29 is 19.3 Å². The Bertz CT molecular complexity index is 241. The maximum absolute atomic E-state index is 11.3. The van der Waals surface area contributed by atoms with Gasteiger partial charge in [-0.05, 0) is 0 Å². The van der Waals surface area contributed by atoms with E-state index in [0.717, 1.165) is 7.55 Å². The molecule has 0 aliphatic carbocycles. The topological polar surface area (TPSA) is 87.7 Å². The fourth-order valence-corrected chi connectivity index (χ4v) is 0.521. The number of carbonyl (C=O) groups excluding carboxylic acids is 2. The van der Waals surface area contributed by atoms with Gasteiger partial charge in [-0.2, -0.15) is 0 Å². The second kappa shape index (κ2) is 5.70. The van der Waals surface area contributed by atoms with Crippen LogP contribution >= 0.6 is 0 Å². The van der Waals surface area contributed by atoms with E-state index in [9.17, 15) is 9.59 Å². The van der Waals surface area contributed by atoms with E-state index in [1.165, 1.54) is 0 Å². The van der Waals surface area contributed by atoms with E-state index in [1.807, 2.05) is 0 Å². The lowest BCUT2D eigenvalue weighted by Gasteiger charge is -2.17. The molecule has 0 unspecified atom stereocenters. The van der Waals surface area contributed by atoms with Crippen molar-refractivity contribution >= 4 is 34.3 Å². The maximum Gasteiger partial charge on any atom is 0.453 e. The summed E-state index contributed by atoms with van der Waals surface area (Å²) >= 11 is 0. The van der Waals surface area contributed by atoms with Gasteiger partial charge in [-0.1, -0.05) is 20.8 Å². The zero-order valence-corrected chi connectivity index (χ0v) is 8.90. The van der Waals surface area contributed by atoms with Crippen LogP contribution < -0.4 is 10.5 Å². The molecule has 6 nitrogen and oxygen atoms in total. The van der Waals surface area contributed by atoms with Crippen molar-refractivity contribution in [2.75, 3.05) is 0 Å². The largest absolute Gasteiger partial charge is 0.502 e. The molecule has 0 saturated carbocycles. The average Bonchev–Trinajstić information content (AvgIpc) is 2.00. The van der Waals surface area contributed by atoms with Gasteiger partial charge in [-0.25, -0.2) is 4.79 Å². The van der Waals surface area contributed by atoms with Crippen LogP contribution in [0, 0.1) is 5.41 Å². The Hall–Kier alpha value is -1.11. The Morgan fingerprint density at radius 2 is 1.93 bits per heavy atom. The first-order chi connectivity index (χ1) is 6.73. The predicted molar refractivity (Wildman–Crippen MR) is 56.7 cm³/mol. The third-order valence-corrected chi connectivity index (χ3v) is 1.30. The minimum atomic E-state index is -1.68. The highest BCUT2D eigenvalue weighted by atomic mass is 16.6. The molecule has 0 aromatic rings. The number of hydrogen-bond acceptors (Lipinski definition) is 4. The summed E-state index contributed by atoms with van der Waals surface area (Å²) in [6, 6.07) is 0. The van der Waals surface area contributed by atoms with Gasteiger partial charge in [0.25, 0.3) is 0 Å². The number of amides is 2. The van der Waals surface area contributed by atoms with E-state index in [-0.39, 0.29) is 5.91 Å². The van der Waals surface area contributed by atoms with Crippen molar-refractivity contribution in [2.45, 2.75) is 20.8 Å². The van der Waals surface area contributed by atoms with Crippen molar-refractivity contribution in [3.8, 4) is 0 Å². The number of nitrogens with one attached hydrogen (secondary N) is 2. The van der Waals surface area contributed by atoms with E-state index in [4.69, 9.17) is 12.8 Å². The zero-order chi connectivity index (χ0) is 12.1. The van der Waals surface area contributed by atoms with Gasteiger partial charge in [-0.3, -0.25) is 4.79 Å². The predicted octanol–water partition coefficient (Wildman–Crippen LogP) is -1.45. The summed E-state index contributed by atoms with van der Waals surface area (Å²) in [5.74, 6) is -0.268. The molecule has 0 aromatic carbocycles. The summed E-state index contributed by atoms with van der Waals surface area (Å²) in [6.45, 7) is 5.16. The molecule has 2 amide bonds. The van der Waals surface area contributed by atoms with Gasteiger partial charge in [0.05, 0.1) is 0 Å². The first-order valence-electron chi connectivity index (χ1n) is 4.27. The van der Waals surface area contributed by atoms with Crippen molar-refractivity contribution in [1.82, 2.24) is 10.5 Å². The van der Waals surface area contributed by atoms with Crippen LogP contribution in [0.25, 0.3) is 0 Å². The molecule has 0 aromatic heterocycles. The number of rotatable bonds is 3. The molecule has 0 atom stereocenters. The lowest BCUT2D eigenvalue weighted by molar-refractivity contribution is -0.126. The van der Waals surface area contributed by atoms with Gasteiger partial charge in [0.2, 0.25) is 5.91 Å². The molecular formula is C6H12B3N2O4. The fourth-order valence-electron chi connectivity index (χ4n) is 0.521. The number of hydrogen-bond donors (Lipinski definition) is 3. The standard InChI is InChI=1S/C6H12B3N2O4/c1-6(2,3)4(12)10-8-11-5(13)15-9(7)14/h14H,1-3H3,(H,10,12)(H,11,13). The summed E-state index contributed by atoms with van der Waals surface area (Å²) in [5.41, 5.74) is -0.560. The van der Waals surface area contributed by atoms with Gasteiger partial charge >= 0.3 is 20.7 Å². The van der Waals surface area contributed by atoms with Crippen LogP contribution in [-0.4, -0.2) is 39.3 Å². The SMILES string of the molecule is [B]B(O)OC(=O)N[B]NC(=O)C(C)(C)C. The van der Waals surface area contributed by atoms with Crippen LogP contribution in [0.15, 0.2) is 0 Å².